The molecular formula is C11H18N2O2. The van der Waals surface area contributed by atoms with Gasteiger partial charge in [-0.25, -0.2) is 0 Å². The number of hydrogen-bond donors (Lipinski definition) is 2. The molecule has 0 unspecified atom stereocenters. The maximum absolute atomic E-state index is 5.64. The van der Waals surface area contributed by atoms with Crippen molar-refractivity contribution in [1.82, 2.24) is 5.32 Å². The summed E-state index contributed by atoms with van der Waals surface area (Å²) in [5, 5.41) is 3.14. The van der Waals surface area contributed by atoms with E-state index in [4.69, 9.17) is 15.2 Å². The first-order valence-electron chi connectivity index (χ1n) is 4.86. The molecule has 3 N–H and O–H groups in total. The fraction of sp³-hybridized carbons (Fsp3) is 0.455. The fourth-order valence-corrected chi connectivity index (χ4v) is 1.49. The zero-order chi connectivity index (χ0) is 11.3. The van der Waals surface area contributed by atoms with Gasteiger partial charge in [0.25, 0.3) is 0 Å². The van der Waals surface area contributed by atoms with E-state index in [9.17, 15) is 0 Å². The summed E-state index contributed by atoms with van der Waals surface area (Å²) in [6, 6.07) is 5.95. The topological polar surface area (TPSA) is 56.5 Å². The van der Waals surface area contributed by atoms with Gasteiger partial charge in [-0.1, -0.05) is 6.07 Å². The van der Waals surface area contributed by atoms with Gasteiger partial charge in [-0.15, -0.1) is 0 Å². The second-order valence-corrected chi connectivity index (χ2v) is 3.19. The molecule has 4 heteroatoms. The molecule has 0 spiro atoms. The van der Waals surface area contributed by atoms with Crippen LogP contribution in [-0.2, 0) is 0 Å². The molecule has 0 fully saturated rings. The first-order valence-corrected chi connectivity index (χ1v) is 4.86. The third-order valence-corrected chi connectivity index (χ3v) is 2.39. The van der Waals surface area contributed by atoms with Gasteiger partial charge in [-0.2, -0.15) is 0 Å². The summed E-state index contributed by atoms with van der Waals surface area (Å²) in [5.41, 5.74) is 6.74. The molecule has 0 heterocycles. The fourth-order valence-electron chi connectivity index (χ4n) is 1.49. The zero-order valence-electron chi connectivity index (χ0n) is 9.41. The Bertz CT molecular complexity index is 311. The quantitative estimate of drug-likeness (QED) is 0.759. The lowest BCUT2D eigenvalue weighted by molar-refractivity contribution is 0.354. The average molecular weight is 210 g/mol. The average Bonchev–Trinajstić information content (AvgIpc) is 2.30. The first kappa shape index (κ1) is 11.8. The van der Waals surface area contributed by atoms with Crippen molar-refractivity contribution in [3.63, 3.8) is 0 Å². The first-order chi connectivity index (χ1) is 7.26. The van der Waals surface area contributed by atoms with Gasteiger partial charge in [0.1, 0.15) is 0 Å². The van der Waals surface area contributed by atoms with Crippen molar-refractivity contribution in [2.75, 3.05) is 27.8 Å². The van der Waals surface area contributed by atoms with Crippen molar-refractivity contribution in [2.24, 2.45) is 5.73 Å². The van der Waals surface area contributed by atoms with Gasteiger partial charge in [-0.05, 0) is 24.7 Å². The predicted molar refractivity (Wildman–Crippen MR) is 60.4 cm³/mol. The Morgan fingerprint density at radius 2 is 1.93 bits per heavy atom. The van der Waals surface area contributed by atoms with E-state index in [0.717, 1.165) is 17.1 Å². The van der Waals surface area contributed by atoms with Crippen molar-refractivity contribution in [1.29, 1.82) is 0 Å². The number of nitrogens with two attached hydrogens (primary N) is 1. The molecule has 0 amide bonds. The minimum absolute atomic E-state index is 0.143. The Morgan fingerprint density at radius 3 is 2.40 bits per heavy atom. The van der Waals surface area contributed by atoms with Crippen LogP contribution >= 0.6 is 0 Å². The molecule has 1 atom stereocenters. The van der Waals surface area contributed by atoms with Crippen LogP contribution in [0.15, 0.2) is 18.2 Å². The van der Waals surface area contributed by atoms with Crippen molar-refractivity contribution >= 4 is 0 Å². The van der Waals surface area contributed by atoms with E-state index in [1.165, 1.54) is 0 Å². The summed E-state index contributed by atoms with van der Waals surface area (Å²) in [5.74, 6) is 1.46. The minimum Gasteiger partial charge on any atom is -0.493 e. The summed E-state index contributed by atoms with van der Waals surface area (Å²) in [6.07, 6.45) is 0. The molecule has 0 aromatic heterocycles. The van der Waals surface area contributed by atoms with Crippen LogP contribution in [0, 0.1) is 0 Å². The number of benzene rings is 1. The van der Waals surface area contributed by atoms with Gasteiger partial charge in [0.15, 0.2) is 11.5 Å². The molecule has 84 valence electrons. The Hall–Kier alpha value is -1.26. The summed E-state index contributed by atoms with van der Waals surface area (Å²) >= 11 is 0. The second kappa shape index (κ2) is 5.58. The molecule has 0 saturated carbocycles. The van der Waals surface area contributed by atoms with E-state index in [1.807, 2.05) is 25.2 Å². The lowest BCUT2D eigenvalue weighted by atomic mass is 10.1. The summed E-state index contributed by atoms with van der Waals surface area (Å²) in [4.78, 5) is 0. The summed E-state index contributed by atoms with van der Waals surface area (Å²) in [6.45, 7) is 0.548. The van der Waals surface area contributed by atoms with Gasteiger partial charge in [0.05, 0.1) is 14.2 Å². The highest BCUT2D eigenvalue weighted by Crippen LogP contribution is 2.29. The van der Waals surface area contributed by atoms with Crippen LogP contribution in [0.5, 0.6) is 11.5 Å². The molecule has 0 aliphatic carbocycles. The largest absolute Gasteiger partial charge is 0.493 e. The SMILES string of the molecule is CN[C@@H](CN)c1ccc(OC)c(OC)c1. The van der Waals surface area contributed by atoms with Crippen LogP contribution in [0.2, 0.25) is 0 Å². The highest BCUT2D eigenvalue weighted by Gasteiger charge is 2.10. The maximum atomic E-state index is 5.64. The third kappa shape index (κ3) is 2.61. The van der Waals surface area contributed by atoms with Crippen LogP contribution in [0.3, 0.4) is 0 Å². The standard InChI is InChI=1S/C11H18N2O2/c1-13-9(7-12)8-4-5-10(14-2)11(6-8)15-3/h4-6,9,13H,7,12H2,1-3H3/t9-/m0/s1. The number of hydrogen-bond acceptors (Lipinski definition) is 4. The molecule has 1 rings (SSSR count). The molecule has 0 saturated heterocycles. The molecule has 1 aromatic carbocycles. The molecule has 0 aliphatic heterocycles. The van der Waals surface area contributed by atoms with Crippen molar-refractivity contribution < 1.29 is 9.47 Å². The minimum atomic E-state index is 0.143. The lowest BCUT2D eigenvalue weighted by Crippen LogP contribution is -2.24. The Morgan fingerprint density at radius 1 is 1.27 bits per heavy atom. The number of rotatable bonds is 5. The predicted octanol–water partition coefficient (Wildman–Crippen LogP) is 0.923. The maximum Gasteiger partial charge on any atom is 0.161 e. The van der Waals surface area contributed by atoms with E-state index in [-0.39, 0.29) is 6.04 Å². The molecule has 0 bridgehead atoms. The summed E-state index contributed by atoms with van der Waals surface area (Å²) < 4.78 is 10.4. The molecule has 15 heavy (non-hydrogen) atoms. The van der Waals surface area contributed by atoms with E-state index in [0.29, 0.717) is 6.54 Å². The number of methoxy groups -OCH3 is 2. The van der Waals surface area contributed by atoms with Crippen LogP contribution in [0.25, 0.3) is 0 Å². The Kier molecular flexibility index (Phi) is 4.39. The van der Waals surface area contributed by atoms with Crippen molar-refractivity contribution in [3.05, 3.63) is 23.8 Å². The van der Waals surface area contributed by atoms with Crippen LogP contribution < -0.4 is 20.5 Å². The van der Waals surface area contributed by atoms with Crippen molar-refractivity contribution in [3.8, 4) is 11.5 Å². The third-order valence-electron chi connectivity index (χ3n) is 2.39. The van der Waals surface area contributed by atoms with Crippen LogP contribution in [-0.4, -0.2) is 27.8 Å². The highest BCUT2D eigenvalue weighted by molar-refractivity contribution is 5.43. The lowest BCUT2D eigenvalue weighted by Gasteiger charge is -2.16. The Balaban J connectivity index is 3.01. The molecule has 4 nitrogen and oxygen atoms in total. The number of ether oxygens (including phenoxy) is 2. The van der Waals surface area contributed by atoms with Gasteiger partial charge in [-0.3, -0.25) is 0 Å². The van der Waals surface area contributed by atoms with Gasteiger partial charge in [0.2, 0.25) is 0 Å². The zero-order valence-corrected chi connectivity index (χ0v) is 9.41. The van der Waals surface area contributed by atoms with Gasteiger partial charge < -0.3 is 20.5 Å². The molecular weight excluding hydrogens is 192 g/mol. The van der Waals surface area contributed by atoms with Crippen molar-refractivity contribution in [2.45, 2.75) is 6.04 Å². The van der Waals surface area contributed by atoms with Gasteiger partial charge >= 0.3 is 0 Å². The van der Waals surface area contributed by atoms with Crippen LogP contribution in [0.1, 0.15) is 11.6 Å². The number of nitrogens with one attached hydrogen (secondary N) is 1. The second-order valence-electron chi connectivity index (χ2n) is 3.19. The smallest absolute Gasteiger partial charge is 0.161 e. The van der Waals surface area contributed by atoms with E-state index in [2.05, 4.69) is 5.32 Å². The Labute approximate surface area is 90.4 Å². The molecule has 0 radical (unpaired) electrons. The van der Waals surface area contributed by atoms with E-state index >= 15 is 0 Å². The van der Waals surface area contributed by atoms with Gasteiger partial charge in [0, 0.05) is 12.6 Å². The van der Waals surface area contributed by atoms with E-state index < -0.39 is 0 Å². The number of likely N-dealkylation sites (N-methyl/N-ethyl adjacent to an activating group) is 1. The van der Waals surface area contributed by atoms with E-state index in [1.54, 1.807) is 14.2 Å². The molecule has 1 aromatic rings. The molecule has 0 aliphatic rings. The monoisotopic (exact) mass is 210 g/mol. The normalized spacial score (nSPS) is 12.3. The van der Waals surface area contributed by atoms with Crippen LogP contribution in [0.4, 0.5) is 0 Å². The highest BCUT2D eigenvalue weighted by atomic mass is 16.5. The summed E-state index contributed by atoms with van der Waals surface area (Å²) in [7, 11) is 5.13.